The molecule has 0 radical (unpaired) electrons. The Morgan fingerprint density at radius 3 is 1.78 bits per heavy atom. The van der Waals surface area contributed by atoms with Crippen LogP contribution in [0.25, 0.3) is 0 Å². The van der Waals surface area contributed by atoms with E-state index in [1.807, 2.05) is 20.8 Å². The number of halogens is 4. The average Bonchev–Trinajstić information content (AvgIpc) is 1.59. The SMILES string of the molecule is CC[C@H](C)[C@@H]1NC(=O)[C@H](CC(C)C)N(C)C(=O)C[C@@H](C(=O)N2CCCCC2)N(C)C(=O)C(C2CCCCC2)N(C)C(=O)C2(CCCC2)NC(=O)[C@H](CC=C2CN(C(=O)OC(C)(C)C)C2)N(C)C(=O)[C@@H](CCc2ccc(C(F)(F)F)c(Cl)c2)NC(=O)CN(C)C(=O)[C@H](CC2CCCCC2)N(C)C(=O)CN(C)C(=O)CN(C)C1=O. The van der Waals surface area contributed by atoms with Crippen LogP contribution in [0.4, 0.5) is 18.0 Å². The molecule has 3 saturated heterocycles. The van der Waals surface area contributed by atoms with Crippen molar-refractivity contribution in [2.24, 2.45) is 23.7 Å². The minimum Gasteiger partial charge on any atom is -0.444 e. The van der Waals surface area contributed by atoms with Gasteiger partial charge in [-0.1, -0.05) is 122 Å². The monoisotopic (exact) mass is 1600 g/mol. The molecule has 6 fully saturated rings. The summed E-state index contributed by atoms with van der Waals surface area (Å²) in [6.07, 6.45) is 6.47. The molecular weight excluding hydrogens is 1470 g/mol. The Kier molecular flexibility index (Phi) is 32.8. The van der Waals surface area contributed by atoms with Gasteiger partial charge in [0.05, 0.1) is 36.6 Å². The third kappa shape index (κ3) is 24.0. The minimum absolute atomic E-state index is 0.0182. The number of carbonyl (C=O) groups excluding carboxylic acids is 13. The number of alkyl halides is 3. The van der Waals surface area contributed by atoms with Crippen LogP contribution in [0.3, 0.4) is 0 Å². The van der Waals surface area contributed by atoms with Crippen molar-refractivity contribution in [3.63, 3.8) is 0 Å². The van der Waals surface area contributed by atoms with E-state index in [-0.39, 0.29) is 75.4 Å². The van der Waals surface area contributed by atoms with Crippen LogP contribution in [0.1, 0.15) is 207 Å². The van der Waals surface area contributed by atoms with Crippen LogP contribution in [-0.2, 0) is 74.9 Å². The summed E-state index contributed by atoms with van der Waals surface area (Å²) in [5.41, 5.74) is -2.69. The first kappa shape index (κ1) is 91.1. The molecule has 3 aliphatic heterocycles. The van der Waals surface area contributed by atoms with Crippen molar-refractivity contribution in [2.45, 2.75) is 262 Å². The van der Waals surface area contributed by atoms with Crippen molar-refractivity contribution in [3.05, 3.63) is 46.0 Å². The summed E-state index contributed by atoms with van der Waals surface area (Å²) in [6, 6.07) is -6.27. The lowest BCUT2D eigenvalue weighted by molar-refractivity contribution is -0.157. The van der Waals surface area contributed by atoms with Gasteiger partial charge >= 0.3 is 12.3 Å². The van der Waals surface area contributed by atoms with Crippen LogP contribution in [0, 0.1) is 23.7 Å². The van der Waals surface area contributed by atoms with E-state index in [0.29, 0.717) is 76.5 Å². The highest BCUT2D eigenvalue weighted by Gasteiger charge is 2.51. The summed E-state index contributed by atoms with van der Waals surface area (Å²) in [5.74, 6) is -9.49. The lowest BCUT2D eigenvalue weighted by atomic mass is 9.81. The highest BCUT2D eigenvalue weighted by molar-refractivity contribution is 6.31. The fourth-order valence-corrected chi connectivity index (χ4v) is 16.8. The molecular formula is C81H125ClF3N13O14. The zero-order valence-electron chi connectivity index (χ0n) is 68.8. The normalized spacial score (nSPS) is 25.6. The number of hydrogen-bond donors (Lipinski definition) is 3. The average molecular weight is 1600 g/mol. The third-order valence-corrected chi connectivity index (χ3v) is 24.0. The summed E-state index contributed by atoms with van der Waals surface area (Å²) in [7, 11) is 11.2. The standard InChI is InChI=1S/C81H125ClF3N13O14/c1-16-52(4)68-75(108)91(10)49-66(101)89(8)50-67(102)93(12)62(44-53-28-20-17-21-29-53)73(106)90(9)48-64(99)86-59(36-33-54-32-35-57(58(82)43-54)81(83,84)85)72(105)94(13)60(37-34-55-46-98(47-55)78(111)112-79(5,6)7)71(104)88-80(38-24-25-39-80)77(110)96(15)69(56-30-22-18-23-31-56)76(109)95(14)63(74(107)97-40-26-19-27-41-97)45-65(100)92(11)61(42-51(2)3)70(103)87-68/h32,34-35,43,51-53,56,59-63,68-69H,16-31,33,36-42,44-50H2,1-15H3,(H,86,99)(H,87,103)(H,88,104)/t52-,59+,60-,61-,62-,63-,68-,69?/m0/s1. The molecule has 27 nitrogen and oxygen atoms in total. The molecule has 6 aliphatic rings. The number of hydrogen-bond acceptors (Lipinski definition) is 14. The van der Waals surface area contributed by atoms with E-state index < -0.39 is 185 Å². The van der Waals surface area contributed by atoms with Gasteiger partial charge < -0.3 is 69.7 Å². The molecule has 0 aromatic heterocycles. The fraction of sp³-hybridized carbons (Fsp3) is 0.741. The zero-order chi connectivity index (χ0) is 83.0. The van der Waals surface area contributed by atoms with Crippen molar-refractivity contribution in [1.29, 1.82) is 0 Å². The van der Waals surface area contributed by atoms with Crippen molar-refractivity contribution >= 4 is 88.6 Å². The fourth-order valence-electron chi connectivity index (χ4n) is 16.5. The molecule has 3 aliphatic carbocycles. The van der Waals surface area contributed by atoms with E-state index in [0.717, 1.165) is 76.7 Å². The number of nitrogens with zero attached hydrogens (tertiary/aromatic N) is 10. The van der Waals surface area contributed by atoms with Crippen molar-refractivity contribution < 1.29 is 80.2 Å². The van der Waals surface area contributed by atoms with Crippen molar-refractivity contribution in [3.8, 4) is 0 Å². The van der Waals surface area contributed by atoms with Crippen molar-refractivity contribution in [1.82, 2.24) is 64.9 Å². The maximum Gasteiger partial charge on any atom is 0.417 e. The number of benzene rings is 1. The van der Waals surface area contributed by atoms with Gasteiger partial charge in [0, 0.05) is 82.6 Å². The summed E-state index contributed by atoms with van der Waals surface area (Å²) in [5, 5.41) is 8.16. The molecule has 1 unspecified atom stereocenters. The largest absolute Gasteiger partial charge is 0.444 e. The molecule has 0 bridgehead atoms. The lowest BCUT2D eigenvalue weighted by Crippen LogP contribution is -2.65. The predicted octanol–water partition coefficient (Wildman–Crippen LogP) is 7.83. The highest BCUT2D eigenvalue weighted by atomic mass is 35.5. The van der Waals surface area contributed by atoms with Crippen LogP contribution in [-0.4, -0.2) is 282 Å². The van der Waals surface area contributed by atoms with Gasteiger partial charge in [-0.2, -0.15) is 13.2 Å². The van der Waals surface area contributed by atoms with Gasteiger partial charge in [0.1, 0.15) is 53.4 Å². The van der Waals surface area contributed by atoms with Gasteiger partial charge in [-0.15, -0.1) is 0 Å². The molecule has 8 atom stereocenters. The first-order valence-corrected chi connectivity index (χ1v) is 40.7. The van der Waals surface area contributed by atoms with Gasteiger partial charge in [0.25, 0.3) is 0 Å². The number of ether oxygens (including phenoxy) is 1. The van der Waals surface area contributed by atoms with E-state index in [1.54, 1.807) is 38.7 Å². The Morgan fingerprint density at radius 2 is 1.20 bits per heavy atom. The molecule has 3 saturated carbocycles. The summed E-state index contributed by atoms with van der Waals surface area (Å²) < 4.78 is 47.8. The second kappa shape index (κ2) is 40.3. The maximum atomic E-state index is 16.1. The van der Waals surface area contributed by atoms with E-state index in [9.17, 15) is 41.9 Å². The van der Waals surface area contributed by atoms with E-state index >= 15 is 33.6 Å². The Morgan fingerprint density at radius 1 is 0.616 bits per heavy atom. The number of piperidine rings is 1. The first-order chi connectivity index (χ1) is 52.6. The van der Waals surface area contributed by atoms with Crippen LogP contribution in [0.5, 0.6) is 0 Å². The molecule has 7 rings (SSSR count). The van der Waals surface area contributed by atoms with Gasteiger partial charge in [0.2, 0.25) is 70.9 Å². The molecule has 112 heavy (non-hydrogen) atoms. The lowest BCUT2D eigenvalue weighted by Gasteiger charge is -2.43. The van der Waals surface area contributed by atoms with Gasteiger partial charge in [-0.25, -0.2) is 4.79 Å². The third-order valence-electron chi connectivity index (χ3n) is 23.7. The van der Waals surface area contributed by atoms with Gasteiger partial charge in [0.15, 0.2) is 0 Å². The summed E-state index contributed by atoms with van der Waals surface area (Å²) >= 11 is 6.23. The van der Waals surface area contributed by atoms with Crippen molar-refractivity contribution in [2.75, 3.05) is 102 Å². The van der Waals surface area contributed by atoms with Crippen LogP contribution in [0.2, 0.25) is 5.02 Å². The molecule has 1 aromatic carbocycles. The topological polar surface area (TPSA) is 300 Å². The number of carbonyl (C=O) groups is 13. The molecule has 13 amide bonds. The quantitative estimate of drug-likeness (QED) is 0.159. The van der Waals surface area contributed by atoms with Crippen LogP contribution < -0.4 is 16.0 Å². The second-order valence-corrected chi connectivity index (χ2v) is 34.3. The smallest absolute Gasteiger partial charge is 0.417 e. The zero-order valence-corrected chi connectivity index (χ0v) is 69.5. The molecule has 626 valence electrons. The van der Waals surface area contributed by atoms with Gasteiger partial charge in [-0.05, 0) is 145 Å². The van der Waals surface area contributed by atoms with E-state index in [4.69, 9.17) is 16.3 Å². The maximum absolute atomic E-state index is 16.1. The Hall–Kier alpha value is -8.05. The number of aryl methyl sites for hydroxylation is 1. The molecule has 3 N–H and O–H groups in total. The Balaban J connectivity index is 1.35. The molecule has 31 heteroatoms. The first-order valence-electron chi connectivity index (χ1n) is 40.4. The van der Waals surface area contributed by atoms with E-state index in [1.165, 1.54) is 86.9 Å². The van der Waals surface area contributed by atoms with Gasteiger partial charge in [-0.3, -0.25) is 57.5 Å². The molecule has 1 spiro atoms. The Labute approximate surface area is 664 Å². The number of likely N-dealkylation sites (N-methyl/N-ethyl adjacent to an activating group) is 8. The second-order valence-electron chi connectivity index (χ2n) is 33.9. The molecule has 3 heterocycles. The van der Waals surface area contributed by atoms with Crippen LogP contribution >= 0.6 is 11.6 Å². The molecule has 1 aromatic rings. The number of amides is 13. The summed E-state index contributed by atoms with van der Waals surface area (Å²) in [4.78, 5) is 208. The van der Waals surface area contributed by atoms with E-state index in [2.05, 4.69) is 16.0 Å². The number of rotatable bonds is 13. The predicted molar refractivity (Wildman–Crippen MR) is 416 cm³/mol. The Bertz CT molecular complexity index is 3560. The summed E-state index contributed by atoms with van der Waals surface area (Å²) in [6.45, 7) is 11.6. The minimum atomic E-state index is -4.80. The van der Waals surface area contributed by atoms with Crippen LogP contribution in [0.15, 0.2) is 29.8 Å². The number of likely N-dealkylation sites (tertiary alicyclic amines) is 2. The number of nitrogens with one attached hydrogen (secondary N) is 3. The highest BCUT2D eigenvalue weighted by Crippen LogP contribution is 2.39.